The van der Waals surface area contributed by atoms with Crippen LogP contribution in [0.4, 0.5) is 5.69 Å². The minimum atomic E-state index is -3.37. The summed E-state index contributed by atoms with van der Waals surface area (Å²) in [6.07, 6.45) is 3.11. The van der Waals surface area contributed by atoms with E-state index in [2.05, 4.69) is 6.92 Å². The Bertz CT molecular complexity index is 555. The summed E-state index contributed by atoms with van der Waals surface area (Å²) in [6.45, 7) is 5.19. The largest absolute Gasteiger partial charge is 0.399 e. The van der Waals surface area contributed by atoms with Crippen molar-refractivity contribution in [3.63, 3.8) is 0 Å². The van der Waals surface area contributed by atoms with Crippen molar-refractivity contribution in [3.8, 4) is 0 Å². The molecule has 1 saturated heterocycles. The maximum atomic E-state index is 12.7. The van der Waals surface area contributed by atoms with E-state index in [0.717, 1.165) is 24.8 Å². The molecule has 1 aliphatic rings. The molecule has 0 aromatic heterocycles. The smallest absolute Gasteiger partial charge is 0.243 e. The Hall–Kier alpha value is -1.07. The van der Waals surface area contributed by atoms with Crippen LogP contribution < -0.4 is 5.73 Å². The van der Waals surface area contributed by atoms with E-state index in [-0.39, 0.29) is 0 Å². The van der Waals surface area contributed by atoms with E-state index < -0.39 is 10.0 Å². The van der Waals surface area contributed by atoms with Gasteiger partial charge >= 0.3 is 0 Å². The number of aryl methyl sites for hydroxylation is 1. The first kappa shape index (κ1) is 14.3. The van der Waals surface area contributed by atoms with Crippen molar-refractivity contribution in [2.75, 3.05) is 18.8 Å². The summed E-state index contributed by atoms with van der Waals surface area (Å²) in [5.74, 6) is 0.484. The molecule has 1 heterocycles. The zero-order valence-corrected chi connectivity index (χ0v) is 12.4. The molecular formula is C14H22N2O2S. The quantitative estimate of drug-likeness (QED) is 0.866. The maximum Gasteiger partial charge on any atom is 0.243 e. The molecule has 0 amide bonds. The van der Waals surface area contributed by atoms with Gasteiger partial charge in [-0.3, -0.25) is 0 Å². The van der Waals surface area contributed by atoms with Crippen LogP contribution in [0.15, 0.2) is 23.1 Å². The van der Waals surface area contributed by atoms with Crippen molar-refractivity contribution in [2.45, 2.75) is 38.0 Å². The molecule has 19 heavy (non-hydrogen) atoms. The molecule has 1 aliphatic heterocycles. The molecule has 5 heteroatoms. The third kappa shape index (κ3) is 2.92. The summed E-state index contributed by atoms with van der Waals surface area (Å²) in [4.78, 5) is 0.387. The van der Waals surface area contributed by atoms with Crippen LogP contribution >= 0.6 is 0 Å². The lowest BCUT2D eigenvalue weighted by molar-refractivity contribution is 0.261. The van der Waals surface area contributed by atoms with Gasteiger partial charge in [-0.1, -0.05) is 13.3 Å². The highest BCUT2D eigenvalue weighted by Gasteiger charge is 2.30. The van der Waals surface area contributed by atoms with Crippen LogP contribution in [0.25, 0.3) is 0 Å². The highest BCUT2D eigenvalue weighted by Crippen LogP contribution is 2.27. The monoisotopic (exact) mass is 282 g/mol. The van der Waals surface area contributed by atoms with Crippen molar-refractivity contribution >= 4 is 15.7 Å². The number of benzene rings is 1. The molecule has 1 unspecified atom stereocenters. The van der Waals surface area contributed by atoms with Gasteiger partial charge in [0.15, 0.2) is 0 Å². The Labute approximate surface area is 115 Å². The topological polar surface area (TPSA) is 63.4 Å². The summed E-state index contributed by atoms with van der Waals surface area (Å²) in [7, 11) is -3.37. The third-order valence-electron chi connectivity index (χ3n) is 3.88. The summed E-state index contributed by atoms with van der Waals surface area (Å²) in [5, 5.41) is 0. The Morgan fingerprint density at radius 2 is 2.16 bits per heavy atom. The van der Waals surface area contributed by atoms with E-state index in [1.807, 2.05) is 0 Å². The number of hydrogen-bond acceptors (Lipinski definition) is 3. The van der Waals surface area contributed by atoms with Gasteiger partial charge in [-0.05, 0) is 49.4 Å². The molecule has 2 N–H and O–H groups in total. The Balaban J connectivity index is 2.31. The number of piperidine rings is 1. The van der Waals surface area contributed by atoms with Gasteiger partial charge in [-0.25, -0.2) is 8.42 Å². The lowest BCUT2D eigenvalue weighted by atomic mass is 9.97. The second-order valence-electron chi connectivity index (χ2n) is 5.30. The van der Waals surface area contributed by atoms with Crippen molar-refractivity contribution in [1.82, 2.24) is 4.31 Å². The molecule has 0 radical (unpaired) electrons. The summed E-state index contributed by atoms with van der Waals surface area (Å²) in [6, 6.07) is 4.99. The number of rotatable bonds is 3. The van der Waals surface area contributed by atoms with Gasteiger partial charge in [-0.15, -0.1) is 0 Å². The summed E-state index contributed by atoms with van der Waals surface area (Å²) >= 11 is 0. The maximum absolute atomic E-state index is 12.7. The normalized spacial score (nSPS) is 21.5. The lowest BCUT2D eigenvalue weighted by Crippen LogP contribution is -2.39. The van der Waals surface area contributed by atoms with Crippen LogP contribution in [-0.2, 0) is 10.0 Å². The standard InChI is InChI=1S/C14H22N2O2S/c1-3-12-5-4-8-16(10-12)19(17,18)14-7-6-13(15)9-11(14)2/h6-7,9,12H,3-5,8,10,15H2,1-2H3. The fourth-order valence-corrected chi connectivity index (χ4v) is 4.44. The molecule has 4 nitrogen and oxygen atoms in total. The van der Waals surface area contributed by atoms with Crippen LogP contribution in [-0.4, -0.2) is 25.8 Å². The first-order chi connectivity index (χ1) is 8.95. The zero-order valence-electron chi connectivity index (χ0n) is 11.6. The molecule has 2 rings (SSSR count). The van der Waals surface area contributed by atoms with Gasteiger partial charge in [0, 0.05) is 18.8 Å². The molecule has 0 spiro atoms. The van der Waals surface area contributed by atoms with Crippen molar-refractivity contribution in [3.05, 3.63) is 23.8 Å². The van der Waals surface area contributed by atoms with E-state index in [0.29, 0.717) is 29.6 Å². The van der Waals surface area contributed by atoms with Gasteiger partial charge in [0.05, 0.1) is 4.90 Å². The van der Waals surface area contributed by atoms with E-state index in [1.165, 1.54) is 0 Å². The third-order valence-corrected chi connectivity index (χ3v) is 5.90. The second-order valence-corrected chi connectivity index (χ2v) is 7.21. The molecule has 1 atom stereocenters. The average molecular weight is 282 g/mol. The molecule has 0 saturated carbocycles. The molecule has 1 aromatic rings. The Morgan fingerprint density at radius 1 is 1.42 bits per heavy atom. The first-order valence-electron chi connectivity index (χ1n) is 6.81. The highest BCUT2D eigenvalue weighted by atomic mass is 32.2. The number of nitrogen functional groups attached to an aromatic ring is 1. The second kappa shape index (κ2) is 5.51. The lowest BCUT2D eigenvalue weighted by Gasteiger charge is -2.31. The predicted molar refractivity (Wildman–Crippen MR) is 77.4 cm³/mol. The minimum Gasteiger partial charge on any atom is -0.399 e. The number of hydrogen-bond donors (Lipinski definition) is 1. The van der Waals surface area contributed by atoms with Crippen molar-refractivity contribution in [1.29, 1.82) is 0 Å². The van der Waals surface area contributed by atoms with Crippen molar-refractivity contribution < 1.29 is 8.42 Å². The van der Waals surface area contributed by atoms with Gasteiger partial charge in [0.1, 0.15) is 0 Å². The van der Waals surface area contributed by atoms with E-state index >= 15 is 0 Å². The van der Waals surface area contributed by atoms with Crippen LogP contribution in [0, 0.1) is 12.8 Å². The van der Waals surface area contributed by atoms with Crippen LogP contribution in [0.2, 0.25) is 0 Å². The van der Waals surface area contributed by atoms with Gasteiger partial charge < -0.3 is 5.73 Å². The number of anilines is 1. The minimum absolute atomic E-state index is 0.387. The van der Waals surface area contributed by atoms with Gasteiger partial charge in [-0.2, -0.15) is 4.31 Å². The van der Waals surface area contributed by atoms with Crippen LogP contribution in [0.1, 0.15) is 31.7 Å². The van der Waals surface area contributed by atoms with Crippen LogP contribution in [0.5, 0.6) is 0 Å². The molecule has 1 fully saturated rings. The number of nitrogens with zero attached hydrogens (tertiary/aromatic N) is 1. The summed E-state index contributed by atoms with van der Waals surface area (Å²) in [5.41, 5.74) is 7.00. The molecule has 0 bridgehead atoms. The van der Waals surface area contributed by atoms with Gasteiger partial charge in [0.25, 0.3) is 0 Å². The van der Waals surface area contributed by atoms with Crippen LogP contribution in [0.3, 0.4) is 0 Å². The predicted octanol–water partition coefficient (Wildman–Crippen LogP) is 2.39. The highest BCUT2D eigenvalue weighted by molar-refractivity contribution is 7.89. The van der Waals surface area contributed by atoms with E-state index in [4.69, 9.17) is 5.73 Å². The molecule has 1 aromatic carbocycles. The Kier molecular flexibility index (Phi) is 4.16. The molecule has 0 aliphatic carbocycles. The SMILES string of the molecule is CCC1CCCN(S(=O)(=O)c2ccc(N)cc2C)C1. The summed E-state index contributed by atoms with van der Waals surface area (Å²) < 4.78 is 27.0. The van der Waals surface area contributed by atoms with Crippen molar-refractivity contribution in [2.24, 2.45) is 5.92 Å². The van der Waals surface area contributed by atoms with E-state index in [9.17, 15) is 8.42 Å². The fourth-order valence-electron chi connectivity index (χ4n) is 2.68. The van der Waals surface area contributed by atoms with E-state index in [1.54, 1.807) is 29.4 Å². The Morgan fingerprint density at radius 3 is 2.79 bits per heavy atom. The molecule has 106 valence electrons. The molecular weight excluding hydrogens is 260 g/mol. The average Bonchev–Trinajstić information content (AvgIpc) is 2.38. The van der Waals surface area contributed by atoms with Gasteiger partial charge in [0.2, 0.25) is 10.0 Å². The fraction of sp³-hybridized carbons (Fsp3) is 0.571. The number of nitrogens with two attached hydrogens (primary N) is 1. The number of sulfonamides is 1. The zero-order chi connectivity index (χ0) is 14.0. The first-order valence-corrected chi connectivity index (χ1v) is 8.25.